The molecule has 3 rings (SSSR count). The fourth-order valence-electron chi connectivity index (χ4n) is 2.08. The van der Waals surface area contributed by atoms with E-state index in [9.17, 15) is 9.59 Å². The predicted molar refractivity (Wildman–Crippen MR) is 93.6 cm³/mol. The van der Waals surface area contributed by atoms with E-state index in [0.717, 1.165) is 11.3 Å². The van der Waals surface area contributed by atoms with Gasteiger partial charge in [-0.05, 0) is 35.9 Å². The van der Waals surface area contributed by atoms with Crippen LogP contribution in [0.5, 0.6) is 0 Å². The van der Waals surface area contributed by atoms with Crippen LogP contribution in [0, 0.1) is 0 Å². The lowest BCUT2D eigenvalue weighted by atomic mass is 10.1. The number of aromatic nitrogens is 2. The number of hydrogen-bond donors (Lipinski definition) is 0. The number of esters is 2. The van der Waals surface area contributed by atoms with E-state index in [4.69, 9.17) is 4.74 Å². The van der Waals surface area contributed by atoms with Crippen molar-refractivity contribution in [3.05, 3.63) is 95.6 Å². The highest BCUT2D eigenvalue weighted by Crippen LogP contribution is 2.11. The number of carbonyl (C=O) groups is 2. The van der Waals surface area contributed by atoms with E-state index in [1.807, 2.05) is 12.2 Å². The molecule has 5 nitrogen and oxygen atoms in total. The number of ether oxygens (including phenoxy) is 1. The molecule has 0 aliphatic carbocycles. The monoisotopic (exact) mass is 330 g/mol. The first-order valence-corrected chi connectivity index (χ1v) is 7.58. The van der Waals surface area contributed by atoms with Crippen LogP contribution in [0.25, 0.3) is 12.2 Å². The third-order valence-corrected chi connectivity index (χ3v) is 3.37. The van der Waals surface area contributed by atoms with Gasteiger partial charge in [0.05, 0.1) is 23.0 Å². The van der Waals surface area contributed by atoms with Gasteiger partial charge in [-0.2, -0.15) is 0 Å². The molecule has 0 atom stereocenters. The predicted octanol–water partition coefficient (Wildman–Crippen LogP) is 3.64. The fourth-order valence-corrected chi connectivity index (χ4v) is 2.08. The van der Waals surface area contributed by atoms with Gasteiger partial charge in [-0.25, -0.2) is 9.59 Å². The first-order valence-electron chi connectivity index (χ1n) is 7.58. The fraction of sp³-hybridized carbons (Fsp3) is 0. The highest BCUT2D eigenvalue weighted by Gasteiger charge is 2.14. The van der Waals surface area contributed by atoms with Gasteiger partial charge in [0, 0.05) is 12.4 Å². The van der Waals surface area contributed by atoms with Crippen LogP contribution < -0.4 is 0 Å². The Kier molecular flexibility index (Phi) is 5.07. The van der Waals surface area contributed by atoms with Gasteiger partial charge >= 0.3 is 11.9 Å². The van der Waals surface area contributed by atoms with E-state index >= 15 is 0 Å². The molecule has 2 aromatic carbocycles. The summed E-state index contributed by atoms with van der Waals surface area (Å²) in [5.41, 5.74) is 2.26. The van der Waals surface area contributed by atoms with Crippen molar-refractivity contribution in [2.75, 3.05) is 0 Å². The topological polar surface area (TPSA) is 69.2 Å². The van der Waals surface area contributed by atoms with Crippen LogP contribution >= 0.6 is 0 Å². The zero-order valence-electron chi connectivity index (χ0n) is 13.2. The van der Waals surface area contributed by atoms with Crippen LogP contribution in [-0.4, -0.2) is 21.9 Å². The maximum atomic E-state index is 12.0. The second-order valence-corrected chi connectivity index (χ2v) is 5.13. The van der Waals surface area contributed by atoms with E-state index in [-0.39, 0.29) is 0 Å². The first-order chi connectivity index (χ1) is 12.2. The van der Waals surface area contributed by atoms with E-state index < -0.39 is 11.9 Å². The molecule has 0 saturated carbocycles. The largest absolute Gasteiger partial charge is 0.386 e. The number of rotatable bonds is 4. The Morgan fingerprint density at radius 2 is 1.48 bits per heavy atom. The molecule has 3 aromatic rings. The Balaban J connectivity index is 1.64. The molecule has 0 aliphatic rings. The lowest BCUT2D eigenvalue weighted by Crippen LogP contribution is -2.12. The number of nitrogens with zero attached hydrogens (tertiary/aromatic N) is 2. The minimum absolute atomic E-state index is 0.306. The van der Waals surface area contributed by atoms with Crippen LogP contribution in [0.15, 0.2) is 73.2 Å². The van der Waals surface area contributed by atoms with E-state index in [1.165, 1.54) is 0 Å². The summed E-state index contributed by atoms with van der Waals surface area (Å²) in [6.45, 7) is 0. The smallest absolute Gasteiger partial charge is 0.346 e. The Hall–Kier alpha value is -3.60. The van der Waals surface area contributed by atoms with Gasteiger partial charge in [-0.1, -0.05) is 36.4 Å². The summed E-state index contributed by atoms with van der Waals surface area (Å²) in [5.74, 6) is -1.35. The molecule has 0 amide bonds. The van der Waals surface area contributed by atoms with E-state index in [0.29, 0.717) is 11.1 Å². The standard InChI is InChI=1S/C20H14N2O3/c23-19(16-4-2-1-3-5-16)25-20(24)17-9-6-15(7-10-17)8-11-18-14-21-12-13-22-18/h1-14H. The van der Waals surface area contributed by atoms with Crippen molar-refractivity contribution < 1.29 is 14.3 Å². The minimum Gasteiger partial charge on any atom is -0.386 e. The normalized spacial score (nSPS) is 10.6. The van der Waals surface area contributed by atoms with Gasteiger partial charge in [-0.15, -0.1) is 0 Å². The number of hydrogen-bond acceptors (Lipinski definition) is 5. The van der Waals surface area contributed by atoms with Crippen LogP contribution in [0.1, 0.15) is 32.0 Å². The maximum Gasteiger partial charge on any atom is 0.346 e. The summed E-state index contributed by atoms with van der Waals surface area (Å²) < 4.78 is 4.88. The van der Waals surface area contributed by atoms with Crippen LogP contribution in [-0.2, 0) is 4.74 Å². The number of carbonyl (C=O) groups excluding carboxylic acids is 2. The van der Waals surface area contributed by atoms with Gasteiger partial charge in [0.2, 0.25) is 0 Å². The van der Waals surface area contributed by atoms with Crippen molar-refractivity contribution in [3.8, 4) is 0 Å². The molecule has 0 unspecified atom stereocenters. The van der Waals surface area contributed by atoms with Crippen molar-refractivity contribution in [3.63, 3.8) is 0 Å². The van der Waals surface area contributed by atoms with Crippen molar-refractivity contribution in [1.29, 1.82) is 0 Å². The zero-order chi connectivity index (χ0) is 17.5. The van der Waals surface area contributed by atoms with Crippen molar-refractivity contribution in [1.82, 2.24) is 9.97 Å². The zero-order valence-corrected chi connectivity index (χ0v) is 13.2. The maximum absolute atomic E-state index is 12.0. The van der Waals surface area contributed by atoms with Crippen molar-refractivity contribution in [2.45, 2.75) is 0 Å². The molecule has 1 heterocycles. The first kappa shape index (κ1) is 16.3. The lowest BCUT2D eigenvalue weighted by Gasteiger charge is -2.03. The molecule has 0 saturated heterocycles. The quantitative estimate of drug-likeness (QED) is 0.539. The van der Waals surface area contributed by atoms with E-state index in [2.05, 4.69) is 9.97 Å². The summed E-state index contributed by atoms with van der Waals surface area (Å²) in [6.07, 6.45) is 8.54. The molecule has 0 radical (unpaired) electrons. The average Bonchev–Trinajstić information content (AvgIpc) is 2.68. The highest BCUT2D eigenvalue weighted by atomic mass is 16.6. The molecule has 0 fully saturated rings. The van der Waals surface area contributed by atoms with Crippen LogP contribution in [0.3, 0.4) is 0 Å². The lowest BCUT2D eigenvalue weighted by molar-refractivity contribution is 0.0398. The van der Waals surface area contributed by atoms with Gasteiger partial charge in [0.15, 0.2) is 0 Å². The Labute approximate surface area is 144 Å². The van der Waals surface area contributed by atoms with Gasteiger partial charge in [0.1, 0.15) is 0 Å². The molecule has 0 bridgehead atoms. The Morgan fingerprint density at radius 3 is 2.12 bits per heavy atom. The molecule has 0 aliphatic heterocycles. The summed E-state index contributed by atoms with van der Waals surface area (Å²) in [7, 11) is 0. The highest BCUT2D eigenvalue weighted by molar-refractivity contribution is 6.02. The van der Waals surface area contributed by atoms with Crippen molar-refractivity contribution in [2.24, 2.45) is 0 Å². The Morgan fingerprint density at radius 1 is 0.800 bits per heavy atom. The molecular formula is C20H14N2O3. The minimum atomic E-state index is -0.682. The van der Waals surface area contributed by atoms with Crippen molar-refractivity contribution >= 4 is 24.1 Å². The van der Waals surface area contributed by atoms with Crippen LogP contribution in [0.4, 0.5) is 0 Å². The van der Waals surface area contributed by atoms with Gasteiger partial charge in [0.25, 0.3) is 0 Å². The van der Waals surface area contributed by atoms with Gasteiger partial charge in [-0.3, -0.25) is 9.97 Å². The Bertz CT molecular complexity index is 889. The molecule has 1 aromatic heterocycles. The molecule has 0 spiro atoms. The summed E-state index contributed by atoms with van der Waals surface area (Å²) in [4.78, 5) is 32.0. The van der Waals surface area contributed by atoms with Gasteiger partial charge < -0.3 is 4.74 Å². The average molecular weight is 330 g/mol. The number of benzene rings is 2. The van der Waals surface area contributed by atoms with Crippen LogP contribution in [0.2, 0.25) is 0 Å². The molecular weight excluding hydrogens is 316 g/mol. The molecule has 122 valence electrons. The third kappa shape index (κ3) is 4.45. The summed E-state index contributed by atoms with van der Waals surface area (Å²) in [5, 5.41) is 0. The summed E-state index contributed by atoms with van der Waals surface area (Å²) in [6, 6.07) is 15.1. The molecule has 25 heavy (non-hydrogen) atoms. The molecule has 0 N–H and O–H groups in total. The van der Waals surface area contributed by atoms with E-state index in [1.54, 1.807) is 73.2 Å². The summed E-state index contributed by atoms with van der Waals surface area (Å²) >= 11 is 0. The molecule has 5 heteroatoms. The second-order valence-electron chi connectivity index (χ2n) is 5.13. The third-order valence-electron chi connectivity index (χ3n) is 3.37. The second kappa shape index (κ2) is 7.79. The SMILES string of the molecule is O=C(OC(=O)c1ccc(C=Cc2cnccn2)cc1)c1ccccc1.